The molecule has 21 heavy (non-hydrogen) atoms. The molecule has 1 aromatic heterocycles. The van der Waals surface area contributed by atoms with Crippen molar-refractivity contribution in [3.05, 3.63) is 48.5 Å². The van der Waals surface area contributed by atoms with Crippen LogP contribution in [0.4, 0.5) is 0 Å². The quantitative estimate of drug-likeness (QED) is 0.908. The Morgan fingerprint density at radius 1 is 1.33 bits per heavy atom. The summed E-state index contributed by atoms with van der Waals surface area (Å²) in [5, 5.41) is 2.78. The molecule has 1 aliphatic heterocycles. The highest BCUT2D eigenvalue weighted by molar-refractivity contribution is 5.98. The monoisotopic (exact) mass is 284 g/mol. The lowest BCUT2D eigenvalue weighted by Crippen LogP contribution is -2.40. The van der Waals surface area contributed by atoms with Crippen LogP contribution in [-0.4, -0.2) is 45.9 Å². The lowest BCUT2D eigenvalue weighted by Gasteiger charge is -2.12. The molecule has 1 aromatic carbocycles. The first-order chi connectivity index (χ1) is 10.1. The Morgan fingerprint density at radius 3 is 2.67 bits per heavy atom. The molecule has 108 valence electrons. The highest BCUT2D eigenvalue weighted by Gasteiger charge is 2.30. The zero-order valence-corrected chi connectivity index (χ0v) is 11.7. The predicted molar refractivity (Wildman–Crippen MR) is 77.1 cm³/mol. The summed E-state index contributed by atoms with van der Waals surface area (Å²) in [5.74, 6) is -0.251. The first kappa shape index (κ1) is 13.4. The summed E-state index contributed by atoms with van der Waals surface area (Å²) in [4.78, 5) is 29.5. The van der Waals surface area contributed by atoms with Crippen LogP contribution in [-0.2, 0) is 4.79 Å². The Bertz CT molecular complexity index is 649. The lowest BCUT2D eigenvalue weighted by atomic mass is 10.1. The van der Waals surface area contributed by atoms with E-state index in [1.54, 1.807) is 36.6 Å². The molecule has 0 spiro atoms. The average molecular weight is 284 g/mol. The average Bonchev–Trinajstić information content (AvgIpc) is 3.13. The maximum Gasteiger partial charge on any atom is 0.251 e. The van der Waals surface area contributed by atoms with Crippen LogP contribution in [0.2, 0.25) is 0 Å². The van der Waals surface area contributed by atoms with Gasteiger partial charge in [-0.1, -0.05) is 0 Å². The van der Waals surface area contributed by atoms with E-state index in [2.05, 4.69) is 10.3 Å². The third-order valence-electron chi connectivity index (χ3n) is 3.66. The minimum absolute atomic E-state index is 0.0293. The van der Waals surface area contributed by atoms with Crippen LogP contribution in [0.15, 0.2) is 43.0 Å². The van der Waals surface area contributed by atoms with Gasteiger partial charge in [0.05, 0.1) is 6.33 Å². The molecule has 6 heteroatoms. The van der Waals surface area contributed by atoms with Gasteiger partial charge in [0.25, 0.3) is 5.91 Å². The first-order valence-electron chi connectivity index (χ1n) is 6.79. The third kappa shape index (κ3) is 2.65. The van der Waals surface area contributed by atoms with Gasteiger partial charge < -0.3 is 14.8 Å². The van der Waals surface area contributed by atoms with Crippen molar-refractivity contribution in [2.45, 2.75) is 12.5 Å². The number of imidazole rings is 1. The summed E-state index contributed by atoms with van der Waals surface area (Å²) in [6, 6.07) is 6.77. The number of carbonyl (C=O) groups excluding carboxylic acids is 2. The molecular formula is C15H16N4O2. The number of amides is 2. The Labute approximate surface area is 122 Å². The largest absolute Gasteiger partial charge is 0.344 e. The molecule has 6 nitrogen and oxygen atoms in total. The standard InChI is InChI=1S/C15H16N4O2/c1-18-8-6-13(15(18)21)17-14(20)11-2-4-12(5-3-11)19-9-7-16-10-19/h2-5,7,9-10,13H,6,8H2,1H3,(H,17,20)/t13-/m0/s1. The van der Waals surface area contributed by atoms with Gasteiger partial charge in [0.2, 0.25) is 5.91 Å². The molecule has 1 atom stereocenters. The van der Waals surface area contributed by atoms with Gasteiger partial charge in [0, 0.05) is 37.2 Å². The maximum atomic E-state index is 12.1. The minimum atomic E-state index is -0.407. The van der Waals surface area contributed by atoms with Crippen molar-refractivity contribution in [1.29, 1.82) is 0 Å². The molecule has 0 unspecified atom stereocenters. The van der Waals surface area contributed by atoms with Crippen molar-refractivity contribution in [1.82, 2.24) is 19.8 Å². The summed E-state index contributed by atoms with van der Waals surface area (Å²) in [5.41, 5.74) is 1.47. The van der Waals surface area contributed by atoms with Crippen LogP contribution in [0, 0.1) is 0 Å². The Balaban J connectivity index is 1.69. The van der Waals surface area contributed by atoms with Crippen molar-refractivity contribution in [2.75, 3.05) is 13.6 Å². The minimum Gasteiger partial charge on any atom is -0.344 e. The van der Waals surface area contributed by atoms with Crippen molar-refractivity contribution in [3.8, 4) is 5.69 Å². The first-order valence-corrected chi connectivity index (χ1v) is 6.79. The van der Waals surface area contributed by atoms with Crippen LogP contribution in [0.3, 0.4) is 0 Å². The van der Waals surface area contributed by atoms with Crippen LogP contribution in [0.5, 0.6) is 0 Å². The van der Waals surface area contributed by atoms with Gasteiger partial charge in [-0.25, -0.2) is 4.98 Å². The topological polar surface area (TPSA) is 67.2 Å². The van der Waals surface area contributed by atoms with E-state index in [0.29, 0.717) is 18.5 Å². The Morgan fingerprint density at radius 2 is 2.10 bits per heavy atom. The number of hydrogen-bond donors (Lipinski definition) is 1. The predicted octanol–water partition coefficient (Wildman–Crippen LogP) is 0.833. The molecule has 2 heterocycles. The van der Waals surface area contributed by atoms with Crippen LogP contribution in [0.1, 0.15) is 16.8 Å². The van der Waals surface area contributed by atoms with E-state index >= 15 is 0 Å². The SMILES string of the molecule is CN1CC[C@H](NC(=O)c2ccc(-n3ccnc3)cc2)C1=O. The van der Waals surface area contributed by atoms with E-state index in [9.17, 15) is 9.59 Å². The molecule has 2 amide bonds. The summed E-state index contributed by atoms with van der Waals surface area (Å²) < 4.78 is 1.86. The van der Waals surface area contributed by atoms with Crippen molar-refractivity contribution < 1.29 is 9.59 Å². The van der Waals surface area contributed by atoms with E-state index in [0.717, 1.165) is 5.69 Å². The number of likely N-dealkylation sites (tertiary alicyclic amines) is 1. The maximum absolute atomic E-state index is 12.1. The molecular weight excluding hydrogens is 268 g/mol. The number of carbonyl (C=O) groups is 2. The van der Waals surface area contributed by atoms with E-state index < -0.39 is 6.04 Å². The number of hydrogen-bond acceptors (Lipinski definition) is 3. The number of benzene rings is 1. The smallest absolute Gasteiger partial charge is 0.251 e. The Hall–Kier alpha value is -2.63. The van der Waals surface area contributed by atoms with Crippen molar-refractivity contribution in [3.63, 3.8) is 0 Å². The summed E-state index contributed by atoms with van der Waals surface area (Å²) in [7, 11) is 1.74. The number of nitrogens with one attached hydrogen (secondary N) is 1. The second-order valence-electron chi connectivity index (χ2n) is 5.09. The zero-order chi connectivity index (χ0) is 14.8. The number of aromatic nitrogens is 2. The van der Waals surface area contributed by atoms with Crippen LogP contribution < -0.4 is 5.32 Å². The Kier molecular flexibility index (Phi) is 3.43. The van der Waals surface area contributed by atoms with Crippen molar-refractivity contribution in [2.24, 2.45) is 0 Å². The van der Waals surface area contributed by atoms with Crippen LogP contribution in [0.25, 0.3) is 5.69 Å². The molecule has 1 N–H and O–H groups in total. The molecule has 1 saturated heterocycles. The highest BCUT2D eigenvalue weighted by atomic mass is 16.2. The molecule has 1 fully saturated rings. The van der Waals surface area contributed by atoms with Gasteiger partial charge in [-0.15, -0.1) is 0 Å². The molecule has 0 radical (unpaired) electrons. The fraction of sp³-hybridized carbons (Fsp3) is 0.267. The van der Waals surface area contributed by atoms with E-state index in [-0.39, 0.29) is 11.8 Å². The number of nitrogens with zero attached hydrogens (tertiary/aromatic N) is 3. The van der Waals surface area contributed by atoms with Gasteiger partial charge in [-0.3, -0.25) is 9.59 Å². The normalized spacial score (nSPS) is 18.0. The van der Waals surface area contributed by atoms with Gasteiger partial charge in [-0.2, -0.15) is 0 Å². The number of rotatable bonds is 3. The van der Waals surface area contributed by atoms with Gasteiger partial charge >= 0.3 is 0 Å². The molecule has 0 saturated carbocycles. The van der Waals surface area contributed by atoms with E-state index in [1.165, 1.54) is 0 Å². The molecule has 3 rings (SSSR count). The second kappa shape index (κ2) is 5.40. The van der Waals surface area contributed by atoms with Gasteiger partial charge in [-0.05, 0) is 30.7 Å². The summed E-state index contributed by atoms with van der Waals surface area (Å²) in [6.45, 7) is 0.684. The van der Waals surface area contributed by atoms with Gasteiger partial charge in [0.15, 0.2) is 0 Å². The van der Waals surface area contributed by atoms with Gasteiger partial charge in [0.1, 0.15) is 6.04 Å². The number of likely N-dealkylation sites (N-methyl/N-ethyl adjacent to an activating group) is 1. The second-order valence-corrected chi connectivity index (χ2v) is 5.09. The highest BCUT2D eigenvalue weighted by Crippen LogP contribution is 2.12. The summed E-state index contributed by atoms with van der Waals surface area (Å²) >= 11 is 0. The zero-order valence-electron chi connectivity index (χ0n) is 11.7. The van der Waals surface area contributed by atoms with E-state index in [1.807, 2.05) is 22.9 Å². The molecule has 0 bridgehead atoms. The van der Waals surface area contributed by atoms with Crippen LogP contribution >= 0.6 is 0 Å². The van der Waals surface area contributed by atoms with E-state index in [4.69, 9.17) is 0 Å². The molecule has 2 aromatic rings. The third-order valence-corrected chi connectivity index (χ3v) is 3.66. The van der Waals surface area contributed by atoms with Crippen molar-refractivity contribution >= 4 is 11.8 Å². The summed E-state index contributed by atoms with van der Waals surface area (Å²) in [6.07, 6.45) is 5.89. The lowest BCUT2D eigenvalue weighted by molar-refractivity contribution is -0.128. The molecule has 0 aliphatic carbocycles. The molecule has 1 aliphatic rings. The fourth-order valence-corrected chi connectivity index (χ4v) is 2.39. The fourth-order valence-electron chi connectivity index (χ4n) is 2.39.